The normalized spacial score (nSPS) is 10.8. The van der Waals surface area contributed by atoms with Crippen LogP contribution in [0.5, 0.6) is 5.88 Å². The SMILES string of the molecule is Nc1ncccc1-c1cc(Cc2ccc(OCc3ccc(F)cn3)nc2)no1. The van der Waals surface area contributed by atoms with Crippen molar-refractivity contribution in [3.8, 4) is 17.2 Å². The summed E-state index contributed by atoms with van der Waals surface area (Å²) < 4.78 is 23.8. The van der Waals surface area contributed by atoms with E-state index in [2.05, 4.69) is 20.1 Å². The minimum Gasteiger partial charge on any atom is -0.471 e. The summed E-state index contributed by atoms with van der Waals surface area (Å²) in [5.41, 5.74) is 8.90. The fraction of sp³-hybridized carbons (Fsp3) is 0.100. The van der Waals surface area contributed by atoms with Crippen LogP contribution in [0.1, 0.15) is 17.0 Å². The molecule has 0 bridgehead atoms. The van der Waals surface area contributed by atoms with Crippen molar-refractivity contribution in [3.05, 3.63) is 83.8 Å². The number of anilines is 1. The fourth-order valence-corrected chi connectivity index (χ4v) is 2.60. The Hall–Kier alpha value is -3.81. The topological polar surface area (TPSA) is 100.0 Å². The van der Waals surface area contributed by atoms with Gasteiger partial charge in [0.05, 0.1) is 23.1 Å². The molecule has 0 atom stereocenters. The van der Waals surface area contributed by atoms with Crippen molar-refractivity contribution in [1.82, 2.24) is 20.1 Å². The quantitative estimate of drug-likeness (QED) is 0.549. The van der Waals surface area contributed by atoms with Crippen LogP contribution in [-0.4, -0.2) is 20.1 Å². The van der Waals surface area contributed by atoms with Crippen LogP contribution < -0.4 is 10.5 Å². The first-order valence-electron chi connectivity index (χ1n) is 8.52. The third kappa shape index (κ3) is 4.12. The van der Waals surface area contributed by atoms with Crippen LogP contribution in [0.4, 0.5) is 10.2 Å². The van der Waals surface area contributed by atoms with Gasteiger partial charge in [-0.25, -0.2) is 14.4 Å². The predicted molar refractivity (Wildman–Crippen MR) is 99.7 cm³/mol. The van der Waals surface area contributed by atoms with Gasteiger partial charge < -0.3 is 15.0 Å². The molecule has 0 spiro atoms. The zero-order chi connectivity index (χ0) is 19.3. The summed E-state index contributed by atoms with van der Waals surface area (Å²) in [6.45, 7) is 0.214. The largest absolute Gasteiger partial charge is 0.471 e. The summed E-state index contributed by atoms with van der Waals surface area (Å²) in [4.78, 5) is 12.3. The highest BCUT2D eigenvalue weighted by Crippen LogP contribution is 2.25. The number of rotatable bonds is 6. The predicted octanol–water partition coefficient (Wildman–Crippen LogP) is 3.42. The van der Waals surface area contributed by atoms with E-state index in [0.717, 1.165) is 17.5 Å². The number of aromatic nitrogens is 4. The summed E-state index contributed by atoms with van der Waals surface area (Å²) in [5.74, 6) is 1.04. The molecule has 8 heteroatoms. The molecule has 4 heterocycles. The number of nitrogens with zero attached hydrogens (tertiary/aromatic N) is 4. The number of pyridine rings is 3. The molecule has 0 unspecified atom stereocenters. The van der Waals surface area contributed by atoms with Crippen LogP contribution in [0, 0.1) is 5.82 Å². The summed E-state index contributed by atoms with van der Waals surface area (Å²) in [7, 11) is 0. The molecule has 0 saturated heterocycles. The lowest BCUT2D eigenvalue weighted by Crippen LogP contribution is -2.00. The Labute approximate surface area is 160 Å². The van der Waals surface area contributed by atoms with E-state index in [4.69, 9.17) is 15.0 Å². The lowest BCUT2D eigenvalue weighted by molar-refractivity contribution is 0.289. The molecule has 7 nitrogen and oxygen atoms in total. The van der Waals surface area contributed by atoms with E-state index in [1.165, 1.54) is 6.07 Å². The Balaban J connectivity index is 1.38. The molecule has 4 rings (SSSR count). The van der Waals surface area contributed by atoms with Gasteiger partial charge in [0, 0.05) is 30.9 Å². The average molecular weight is 377 g/mol. The van der Waals surface area contributed by atoms with Crippen LogP contribution >= 0.6 is 0 Å². The summed E-state index contributed by atoms with van der Waals surface area (Å²) in [5, 5.41) is 4.08. The number of halogens is 1. The van der Waals surface area contributed by atoms with E-state index in [0.29, 0.717) is 35.1 Å². The van der Waals surface area contributed by atoms with E-state index in [-0.39, 0.29) is 12.4 Å². The minimum atomic E-state index is -0.381. The average Bonchev–Trinajstić information content (AvgIpc) is 3.17. The van der Waals surface area contributed by atoms with Gasteiger partial charge in [-0.05, 0) is 29.8 Å². The second kappa shape index (κ2) is 7.83. The van der Waals surface area contributed by atoms with Gasteiger partial charge in [0.1, 0.15) is 18.2 Å². The molecule has 140 valence electrons. The second-order valence-electron chi connectivity index (χ2n) is 6.06. The third-order valence-corrected chi connectivity index (χ3v) is 4.00. The molecular formula is C20H16FN5O2. The standard InChI is InChI=1S/C20H16FN5O2/c21-14-4-5-15(24-11-14)12-27-19-6-3-13(10-25-19)8-16-9-18(28-26-16)17-2-1-7-23-20(17)22/h1-7,9-11H,8,12H2,(H2,22,23). The van der Waals surface area contributed by atoms with E-state index in [9.17, 15) is 4.39 Å². The fourth-order valence-electron chi connectivity index (χ4n) is 2.60. The molecule has 4 aromatic rings. The van der Waals surface area contributed by atoms with Gasteiger partial charge in [0.25, 0.3) is 0 Å². The van der Waals surface area contributed by atoms with E-state index < -0.39 is 0 Å². The van der Waals surface area contributed by atoms with Crippen molar-refractivity contribution in [3.63, 3.8) is 0 Å². The molecule has 0 fully saturated rings. The highest BCUT2D eigenvalue weighted by atomic mass is 19.1. The Bertz CT molecular complexity index is 1060. The van der Waals surface area contributed by atoms with Crippen LogP contribution in [0.2, 0.25) is 0 Å². The Morgan fingerprint density at radius 2 is 1.93 bits per heavy atom. The molecule has 0 aliphatic rings. The molecule has 0 aliphatic carbocycles. The van der Waals surface area contributed by atoms with E-state index in [1.807, 2.05) is 18.2 Å². The first-order chi connectivity index (χ1) is 13.7. The Morgan fingerprint density at radius 1 is 1.00 bits per heavy atom. The molecule has 4 aromatic heterocycles. The first-order valence-corrected chi connectivity index (χ1v) is 8.52. The lowest BCUT2D eigenvalue weighted by atomic mass is 10.1. The number of hydrogen-bond donors (Lipinski definition) is 1. The van der Waals surface area contributed by atoms with Gasteiger partial charge in [-0.3, -0.25) is 4.98 Å². The summed E-state index contributed by atoms with van der Waals surface area (Å²) in [6, 6.07) is 12.0. The van der Waals surface area contributed by atoms with E-state index >= 15 is 0 Å². The molecule has 0 radical (unpaired) electrons. The van der Waals surface area contributed by atoms with Crippen LogP contribution in [0.25, 0.3) is 11.3 Å². The molecule has 0 amide bonds. The van der Waals surface area contributed by atoms with Crippen molar-refractivity contribution in [2.75, 3.05) is 5.73 Å². The maximum Gasteiger partial charge on any atom is 0.213 e. The molecule has 0 aromatic carbocycles. The van der Waals surface area contributed by atoms with Gasteiger partial charge in [-0.15, -0.1) is 0 Å². The zero-order valence-corrected chi connectivity index (χ0v) is 14.7. The van der Waals surface area contributed by atoms with Crippen molar-refractivity contribution in [2.45, 2.75) is 13.0 Å². The zero-order valence-electron chi connectivity index (χ0n) is 14.7. The molecule has 0 aliphatic heterocycles. The molecule has 2 N–H and O–H groups in total. The third-order valence-electron chi connectivity index (χ3n) is 4.00. The molecule has 0 saturated carbocycles. The number of nitrogen functional groups attached to an aromatic ring is 1. The van der Waals surface area contributed by atoms with Gasteiger partial charge in [0.2, 0.25) is 5.88 Å². The van der Waals surface area contributed by atoms with Crippen LogP contribution in [0.15, 0.2) is 65.6 Å². The number of hydrogen-bond acceptors (Lipinski definition) is 7. The van der Waals surface area contributed by atoms with Gasteiger partial charge in [-0.2, -0.15) is 0 Å². The number of nitrogens with two attached hydrogens (primary N) is 1. The highest BCUT2D eigenvalue weighted by molar-refractivity contribution is 5.69. The maximum atomic E-state index is 12.9. The van der Waals surface area contributed by atoms with Gasteiger partial charge in [0.15, 0.2) is 5.76 Å². The maximum absolute atomic E-state index is 12.9. The van der Waals surface area contributed by atoms with Gasteiger partial charge in [-0.1, -0.05) is 11.2 Å². The number of ether oxygens (including phenoxy) is 1. The lowest BCUT2D eigenvalue weighted by Gasteiger charge is -2.05. The monoisotopic (exact) mass is 377 g/mol. The first kappa shape index (κ1) is 17.6. The van der Waals surface area contributed by atoms with Crippen LogP contribution in [-0.2, 0) is 13.0 Å². The second-order valence-corrected chi connectivity index (χ2v) is 6.06. The smallest absolute Gasteiger partial charge is 0.213 e. The summed E-state index contributed by atoms with van der Waals surface area (Å²) >= 11 is 0. The highest BCUT2D eigenvalue weighted by Gasteiger charge is 2.11. The molecule has 28 heavy (non-hydrogen) atoms. The van der Waals surface area contributed by atoms with Crippen molar-refractivity contribution >= 4 is 5.82 Å². The van der Waals surface area contributed by atoms with Gasteiger partial charge >= 0.3 is 0 Å². The van der Waals surface area contributed by atoms with E-state index in [1.54, 1.807) is 30.6 Å². The van der Waals surface area contributed by atoms with Crippen molar-refractivity contribution < 1.29 is 13.7 Å². The van der Waals surface area contributed by atoms with Crippen LogP contribution in [0.3, 0.4) is 0 Å². The van der Waals surface area contributed by atoms with Crippen molar-refractivity contribution in [2.24, 2.45) is 0 Å². The molecular weight excluding hydrogens is 361 g/mol. The Morgan fingerprint density at radius 3 is 2.68 bits per heavy atom. The summed E-state index contributed by atoms with van der Waals surface area (Å²) in [6.07, 6.45) is 5.04. The minimum absolute atomic E-state index is 0.214. The Kier molecular flexibility index (Phi) is 4.92. The van der Waals surface area contributed by atoms with Crippen molar-refractivity contribution in [1.29, 1.82) is 0 Å².